The van der Waals surface area contributed by atoms with Crippen molar-refractivity contribution in [2.45, 2.75) is 25.6 Å². The second-order valence-electron chi connectivity index (χ2n) is 2.51. The Morgan fingerprint density at radius 2 is 2.42 bits per heavy atom. The number of hydrogen-bond donors (Lipinski definition) is 1. The molecule has 0 bridgehead atoms. The molecule has 4 heteroatoms. The van der Waals surface area contributed by atoms with Crippen LogP contribution < -0.4 is 5.73 Å². The zero-order valence-corrected chi connectivity index (χ0v) is 6.71. The molecule has 1 aliphatic heterocycles. The topological polar surface area (TPSA) is 61.6 Å². The minimum Gasteiger partial charge on any atom is -0.414 e. The normalized spacial score (nSPS) is 22.2. The molecule has 1 aliphatic rings. The molecule has 0 spiro atoms. The fraction of sp³-hybridized carbons (Fsp3) is 0.625. The van der Waals surface area contributed by atoms with Gasteiger partial charge >= 0.3 is 0 Å². The van der Waals surface area contributed by atoms with Gasteiger partial charge in [0.1, 0.15) is 6.11 Å². The molecule has 4 nitrogen and oxygen atoms in total. The number of nitrogens with two attached hydrogens (primary N) is 1. The van der Waals surface area contributed by atoms with Gasteiger partial charge < -0.3 is 15.2 Å². The Bertz CT molecular complexity index is 210. The van der Waals surface area contributed by atoms with Crippen molar-refractivity contribution >= 4 is 5.91 Å². The lowest BCUT2D eigenvalue weighted by molar-refractivity contribution is -0.122. The third-order valence-corrected chi connectivity index (χ3v) is 1.50. The number of ether oxygens (including phenoxy) is 2. The number of carbonyl (C=O) groups excluding carboxylic acids is 1. The molecule has 0 radical (unpaired) electrons. The molecule has 2 N–H and O–H groups in total. The first kappa shape index (κ1) is 8.88. The average molecular weight is 169 g/mol. The molecule has 1 saturated heterocycles. The molecule has 1 fully saturated rings. The fourth-order valence-electron chi connectivity index (χ4n) is 0.950. The Balaban J connectivity index is 2.22. The molecule has 1 heterocycles. The summed E-state index contributed by atoms with van der Waals surface area (Å²) in [6, 6.07) is 0. The summed E-state index contributed by atoms with van der Waals surface area (Å²) in [6.45, 7) is 0.697. The summed E-state index contributed by atoms with van der Waals surface area (Å²) in [5.41, 5.74) is 4.77. The van der Waals surface area contributed by atoms with E-state index < -0.39 is 5.91 Å². The molecular weight excluding hydrogens is 158 g/mol. The highest BCUT2D eigenvalue weighted by Gasteiger charge is 2.13. The summed E-state index contributed by atoms with van der Waals surface area (Å²) in [5, 5.41) is 0. The zero-order chi connectivity index (χ0) is 8.81. The van der Waals surface area contributed by atoms with E-state index in [0.717, 1.165) is 19.3 Å². The van der Waals surface area contributed by atoms with Crippen LogP contribution in [-0.4, -0.2) is 18.8 Å². The van der Waals surface area contributed by atoms with E-state index in [1.54, 1.807) is 0 Å². The van der Waals surface area contributed by atoms with Crippen molar-refractivity contribution in [3.8, 4) is 12.0 Å². The SMILES string of the molecule is NC(=O)C#COC1CCCCO1. The summed E-state index contributed by atoms with van der Waals surface area (Å²) in [6.07, 6.45) is 4.88. The summed E-state index contributed by atoms with van der Waals surface area (Å²) in [7, 11) is 0. The number of hydrogen-bond acceptors (Lipinski definition) is 3. The molecular formula is C8H11NO3. The lowest BCUT2D eigenvalue weighted by Gasteiger charge is -2.19. The molecule has 1 atom stereocenters. The Kier molecular flexibility index (Phi) is 3.42. The molecule has 12 heavy (non-hydrogen) atoms. The Morgan fingerprint density at radius 3 is 3.00 bits per heavy atom. The molecule has 0 aromatic rings. The van der Waals surface area contributed by atoms with Crippen molar-refractivity contribution in [1.82, 2.24) is 0 Å². The maximum atomic E-state index is 10.2. The van der Waals surface area contributed by atoms with Crippen molar-refractivity contribution in [2.75, 3.05) is 6.61 Å². The summed E-state index contributed by atoms with van der Waals surface area (Å²) in [5.74, 6) is 1.39. The predicted molar refractivity (Wildman–Crippen MR) is 41.6 cm³/mol. The summed E-state index contributed by atoms with van der Waals surface area (Å²) in [4.78, 5) is 10.2. The van der Waals surface area contributed by atoms with Gasteiger partial charge in [0.2, 0.25) is 6.29 Å². The second-order valence-corrected chi connectivity index (χ2v) is 2.51. The van der Waals surface area contributed by atoms with Gasteiger partial charge in [-0.2, -0.15) is 0 Å². The van der Waals surface area contributed by atoms with E-state index in [1.807, 2.05) is 0 Å². The van der Waals surface area contributed by atoms with Crippen LogP contribution in [0.2, 0.25) is 0 Å². The number of primary amides is 1. The summed E-state index contributed by atoms with van der Waals surface area (Å²) >= 11 is 0. The third-order valence-electron chi connectivity index (χ3n) is 1.50. The van der Waals surface area contributed by atoms with E-state index in [2.05, 4.69) is 12.0 Å². The molecule has 1 unspecified atom stereocenters. The lowest BCUT2D eigenvalue weighted by Crippen LogP contribution is -2.20. The van der Waals surface area contributed by atoms with Crippen LogP contribution in [0.15, 0.2) is 0 Å². The molecule has 0 aromatic carbocycles. The van der Waals surface area contributed by atoms with E-state index in [9.17, 15) is 4.79 Å². The van der Waals surface area contributed by atoms with Crippen LogP contribution in [0.25, 0.3) is 0 Å². The largest absolute Gasteiger partial charge is 0.414 e. The van der Waals surface area contributed by atoms with Crippen LogP contribution in [-0.2, 0) is 14.3 Å². The minimum absolute atomic E-state index is 0.286. The predicted octanol–water partition coefficient (Wildman–Crippen LogP) is -0.0242. The van der Waals surface area contributed by atoms with Crippen LogP contribution in [0.3, 0.4) is 0 Å². The van der Waals surface area contributed by atoms with Gasteiger partial charge in [0, 0.05) is 12.3 Å². The van der Waals surface area contributed by atoms with E-state index in [1.165, 1.54) is 0 Å². The van der Waals surface area contributed by atoms with Crippen molar-refractivity contribution in [3.05, 3.63) is 0 Å². The molecule has 66 valence electrons. The highest BCUT2D eigenvalue weighted by Crippen LogP contribution is 2.12. The Morgan fingerprint density at radius 1 is 1.58 bits per heavy atom. The maximum Gasteiger partial charge on any atom is 0.296 e. The van der Waals surface area contributed by atoms with Gasteiger partial charge in [-0.1, -0.05) is 0 Å². The molecule has 1 amide bonds. The fourth-order valence-corrected chi connectivity index (χ4v) is 0.950. The average Bonchev–Trinajstić information content (AvgIpc) is 2.05. The van der Waals surface area contributed by atoms with Gasteiger partial charge in [0.15, 0.2) is 0 Å². The first-order chi connectivity index (χ1) is 5.79. The number of rotatable bonds is 1. The molecule has 0 aromatic heterocycles. The van der Waals surface area contributed by atoms with Crippen LogP contribution in [0.1, 0.15) is 19.3 Å². The van der Waals surface area contributed by atoms with Crippen LogP contribution in [0.4, 0.5) is 0 Å². The second kappa shape index (κ2) is 4.62. The van der Waals surface area contributed by atoms with Crippen LogP contribution in [0.5, 0.6) is 0 Å². The maximum absolute atomic E-state index is 10.2. The van der Waals surface area contributed by atoms with Crippen molar-refractivity contribution in [3.63, 3.8) is 0 Å². The monoisotopic (exact) mass is 169 g/mol. The third kappa shape index (κ3) is 3.26. The van der Waals surface area contributed by atoms with E-state index in [-0.39, 0.29) is 6.29 Å². The number of carbonyl (C=O) groups is 1. The van der Waals surface area contributed by atoms with Crippen LogP contribution in [0, 0.1) is 12.0 Å². The number of amides is 1. The van der Waals surface area contributed by atoms with E-state index in [4.69, 9.17) is 15.2 Å². The standard InChI is InChI=1S/C8H11NO3/c9-7(10)4-6-12-8-3-1-2-5-11-8/h8H,1-3,5H2,(H2,9,10). The lowest BCUT2D eigenvalue weighted by atomic mass is 10.2. The minimum atomic E-state index is -0.689. The van der Waals surface area contributed by atoms with Gasteiger partial charge in [-0.3, -0.25) is 4.79 Å². The van der Waals surface area contributed by atoms with Gasteiger partial charge in [0.05, 0.1) is 6.61 Å². The van der Waals surface area contributed by atoms with Gasteiger partial charge in [0.25, 0.3) is 5.91 Å². The van der Waals surface area contributed by atoms with E-state index >= 15 is 0 Å². The van der Waals surface area contributed by atoms with Gasteiger partial charge in [-0.05, 0) is 12.8 Å². The Hall–Kier alpha value is -1.21. The smallest absolute Gasteiger partial charge is 0.296 e. The zero-order valence-electron chi connectivity index (χ0n) is 6.71. The van der Waals surface area contributed by atoms with Gasteiger partial charge in [-0.15, -0.1) is 0 Å². The molecule has 0 aliphatic carbocycles. The molecule has 0 saturated carbocycles. The van der Waals surface area contributed by atoms with Gasteiger partial charge in [-0.25, -0.2) is 0 Å². The van der Waals surface area contributed by atoms with Crippen LogP contribution >= 0.6 is 0 Å². The molecule has 1 rings (SSSR count). The van der Waals surface area contributed by atoms with E-state index in [0.29, 0.717) is 6.61 Å². The highest BCUT2D eigenvalue weighted by atomic mass is 16.7. The van der Waals surface area contributed by atoms with Crippen molar-refractivity contribution in [2.24, 2.45) is 5.73 Å². The van der Waals surface area contributed by atoms with Crippen molar-refractivity contribution < 1.29 is 14.3 Å². The first-order valence-electron chi connectivity index (χ1n) is 3.87. The van der Waals surface area contributed by atoms with Crippen molar-refractivity contribution in [1.29, 1.82) is 0 Å². The Labute approximate surface area is 71.0 Å². The summed E-state index contributed by atoms with van der Waals surface area (Å²) < 4.78 is 10.1. The highest BCUT2D eigenvalue weighted by molar-refractivity contribution is 5.91. The quantitative estimate of drug-likeness (QED) is 0.561. The first-order valence-corrected chi connectivity index (χ1v) is 3.87.